The van der Waals surface area contributed by atoms with Crippen LogP contribution in [0.2, 0.25) is 0 Å². The maximum absolute atomic E-state index is 11.8. The minimum Gasteiger partial charge on any atom is -0.376 e. The zero-order valence-corrected chi connectivity index (χ0v) is 9.08. The summed E-state index contributed by atoms with van der Waals surface area (Å²) in [5, 5.41) is 3.00. The molecular weight excluding hydrogens is 190 g/mol. The second kappa shape index (κ2) is 5.31. The lowest BCUT2D eigenvalue weighted by molar-refractivity contribution is -0.125. The van der Waals surface area contributed by atoms with E-state index in [2.05, 4.69) is 17.5 Å². The Labute approximate surface area is 90.9 Å². The molecule has 3 heteroatoms. The summed E-state index contributed by atoms with van der Waals surface area (Å²) < 4.78 is 5.46. The number of hydrogen-bond donors (Lipinski definition) is 1. The Bertz CT molecular complexity index is 244. The first-order valence-corrected chi connectivity index (χ1v) is 5.90. The summed E-state index contributed by atoms with van der Waals surface area (Å²) in [6, 6.07) is 0. The standard InChI is InChI=1S/C12H19NO2/c14-12(10-5-2-1-3-6-10)13-9-11-7-4-8-15-11/h1-2,10-11H,3-9H2,(H,13,14). The fourth-order valence-electron chi connectivity index (χ4n) is 2.20. The van der Waals surface area contributed by atoms with Crippen LogP contribution in [0.15, 0.2) is 12.2 Å². The summed E-state index contributed by atoms with van der Waals surface area (Å²) in [6.45, 7) is 1.55. The summed E-state index contributed by atoms with van der Waals surface area (Å²) in [4.78, 5) is 11.8. The topological polar surface area (TPSA) is 38.3 Å². The van der Waals surface area contributed by atoms with E-state index < -0.39 is 0 Å². The van der Waals surface area contributed by atoms with Gasteiger partial charge in [0.1, 0.15) is 0 Å². The molecule has 0 aromatic rings. The van der Waals surface area contributed by atoms with E-state index in [9.17, 15) is 4.79 Å². The van der Waals surface area contributed by atoms with Crippen LogP contribution in [0.3, 0.4) is 0 Å². The minimum absolute atomic E-state index is 0.191. The smallest absolute Gasteiger partial charge is 0.223 e. The average Bonchev–Trinajstić information content (AvgIpc) is 2.80. The Kier molecular flexibility index (Phi) is 3.78. The Hall–Kier alpha value is -0.830. The molecule has 0 bridgehead atoms. The van der Waals surface area contributed by atoms with Crippen LogP contribution in [0.25, 0.3) is 0 Å². The third-order valence-electron chi connectivity index (χ3n) is 3.17. The van der Waals surface area contributed by atoms with Crippen molar-refractivity contribution in [3.8, 4) is 0 Å². The number of carbonyl (C=O) groups excluding carboxylic acids is 1. The third-order valence-corrected chi connectivity index (χ3v) is 3.17. The Morgan fingerprint density at radius 1 is 1.40 bits per heavy atom. The zero-order chi connectivity index (χ0) is 10.5. The van der Waals surface area contributed by atoms with Crippen LogP contribution in [0.5, 0.6) is 0 Å². The van der Waals surface area contributed by atoms with Crippen LogP contribution in [0.4, 0.5) is 0 Å². The molecule has 2 aliphatic rings. The molecule has 0 radical (unpaired) electrons. The lowest BCUT2D eigenvalue weighted by atomic mass is 9.93. The first-order valence-electron chi connectivity index (χ1n) is 5.90. The molecule has 1 amide bonds. The van der Waals surface area contributed by atoms with E-state index in [4.69, 9.17) is 4.74 Å². The van der Waals surface area contributed by atoms with Gasteiger partial charge in [-0.15, -0.1) is 0 Å². The highest BCUT2D eigenvalue weighted by Gasteiger charge is 2.21. The Morgan fingerprint density at radius 2 is 2.33 bits per heavy atom. The van der Waals surface area contributed by atoms with Crippen LogP contribution in [-0.4, -0.2) is 25.2 Å². The molecule has 2 atom stereocenters. The Morgan fingerprint density at radius 3 is 3.00 bits per heavy atom. The van der Waals surface area contributed by atoms with Gasteiger partial charge in [0.15, 0.2) is 0 Å². The predicted molar refractivity (Wildman–Crippen MR) is 58.5 cm³/mol. The minimum atomic E-state index is 0.191. The van der Waals surface area contributed by atoms with Crippen LogP contribution in [0, 0.1) is 5.92 Å². The molecule has 1 fully saturated rings. The molecule has 1 heterocycles. The molecule has 0 saturated carbocycles. The highest BCUT2D eigenvalue weighted by atomic mass is 16.5. The van der Waals surface area contributed by atoms with E-state index in [-0.39, 0.29) is 17.9 Å². The molecule has 2 unspecified atom stereocenters. The quantitative estimate of drug-likeness (QED) is 0.718. The van der Waals surface area contributed by atoms with Crippen molar-refractivity contribution in [1.82, 2.24) is 5.32 Å². The van der Waals surface area contributed by atoms with Crippen molar-refractivity contribution in [2.24, 2.45) is 5.92 Å². The second-order valence-electron chi connectivity index (χ2n) is 4.36. The summed E-state index contributed by atoms with van der Waals surface area (Å²) in [6.07, 6.45) is 9.68. The maximum Gasteiger partial charge on any atom is 0.223 e. The molecule has 0 aromatic heterocycles. The van der Waals surface area contributed by atoms with E-state index >= 15 is 0 Å². The van der Waals surface area contributed by atoms with Gasteiger partial charge in [-0.3, -0.25) is 4.79 Å². The van der Waals surface area contributed by atoms with Crippen LogP contribution < -0.4 is 5.32 Å². The van der Waals surface area contributed by atoms with Crippen LogP contribution in [0.1, 0.15) is 32.1 Å². The summed E-state index contributed by atoms with van der Waals surface area (Å²) in [5.74, 6) is 0.395. The molecular formula is C12H19NO2. The molecule has 2 rings (SSSR count). The Balaban J connectivity index is 1.69. The van der Waals surface area contributed by atoms with Gasteiger partial charge in [-0.05, 0) is 32.1 Å². The number of carbonyl (C=O) groups is 1. The van der Waals surface area contributed by atoms with E-state index in [0.717, 1.165) is 38.7 Å². The van der Waals surface area contributed by atoms with Gasteiger partial charge in [0.05, 0.1) is 6.10 Å². The van der Waals surface area contributed by atoms with Crippen molar-refractivity contribution in [2.45, 2.75) is 38.2 Å². The van der Waals surface area contributed by atoms with Crippen molar-refractivity contribution in [3.05, 3.63) is 12.2 Å². The van der Waals surface area contributed by atoms with Crippen molar-refractivity contribution in [2.75, 3.05) is 13.2 Å². The lowest BCUT2D eigenvalue weighted by Crippen LogP contribution is -2.36. The van der Waals surface area contributed by atoms with Gasteiger partial charge >= 0.3 is 0 Å². The summed E-state index contributed by atoms with van der Waals surface area (Å²) in [7, 11) is 0. The van der Waals surface area contributed by atoms with Crippen molar-refractivity contribution in [3.63, 3.8) is 0 Å². The number of ether oxygens (including phenoxy) is 1. The second-order valence-corrected chi connectivity index (χ2v) is 4.36. The number of amides is 1. The molecule has 3 nitrogen and oxygen atoms in total. The van der Waals surface area contributed by atoms with Gasteiger partial charge in [0.25, 0.3) is 0 Å². The molecule has 1 saturated heterocycles. The average molecular weight is 209 g/mol. The fraction of sp³-hybridized carbons (Fsp3) is 0.750. The number of hydrogen-bond acceptors (Lipinski definition) is 2. The van der Waals surface area contributed by atoms with Gasteiger partial charge in [-0.2, -0.15) is 0 Å². The maximum atomic E-state index is 11.8. The molecule has 0 aromatic carbocycles. The van der Waals surface area contributed by atoms with Gasteiger partial charge in [-0.25, -0.2) is 0 Å². The monoisotopic (exact) mass is 209 g/mol. The van der Waals surface area contributed by atoms with Crippen molar-refractivity contribution >= 4 is 5.91 Å². The van der Waals surface area contributed by atoms with Crippen LogP contribution >= 0.6 is 0 Å². The van der Waals surface area contributed by atoms with Crippen LogP contribution in [-0.2, 0) is 9.53 Å². The van der Waals surface area contributed by atoms with Crippen molar-refractivity contribution in [1.29, 1.82) is 0 Å². The number of allylic oxidation sites excluding steroid dienone is 2. The van der Waals surface area contributed by atoms with Gasteiger partial charge in [0, 0.05) is 19.1 Å². The third kappa shape index (κ3) is 3.06. The summed E-state index contributed by atoms with van der Waals surface area (Å²) >= 11 is 0. The van der Waals surface area contributed by atoms with E-state index in [1.165, 1.54) is 0 Å². The first-order chi connectivity index (χ1) is 7.36. The molecule has 1 aliphatic carbocycles. The fourth-order valence-corrected chi connectivity index (χ4v) is 2.20. The van der Waals surface area contributed by atoms with Crippen molar-refractivity contribution < 1.29 is 9.53 Å². The van der Waals surface area contributed by atoms with Gasteiger partial charge < -0.3 is 10.1 Å². The number of rotatable bonds is 3. The van der Waals surface area contributed by atoms with E-state index in [1.54, 1.807) is 0 Å². The van der Waals surface area contributed by atoms with E-state index in [0.29, 0.717) is 6.54 Å². The first kappa shape index (κ1) is 10.7. The highest BCUT2D eigenvalue weighted by molar-refractivity contribution is 5.78. The largest absolute Gasteiger partial charge is 0.376 e. The lowest BCUT2D eigenvalue weighted by Gasteiger charge is -2.18. The normalized spacial score (nSPS) is 30.4. The highest BCUT2D eigenvalue weighted by Crippen LogP contribution is 2.18. The molecule has 1 aliphatic heterocycles. The van der Waals surface area contributed by atoms with E-state index in [1.807, 2.05) is 0 Å². The van der Waals surface area contributed by atoms with Gasteiger partial charge in [-0.1, -0.05) is 12.2 Å². The zero-order valence-electron chi connectivity index (χ0n) is 9.08. The van der Waals surface area contributed by atoms with Gasteiger partial charge in [0.2, 0.25) is 5.91 Å². The SMILES string of the molecule is O=C(NCC1CCCO1)C1CC=CCC1. The molecule has 15 heavy (non-hydrogen) atoms. The summed E-state index contributed by atoms with van der Waals surface area (Å²) in [5.41, 5.74) is 0. The molecule has 84 valence electrons. The predicted octanol–water partition coefficient (Wildman–Crippen LogP) is 1.64. The molecule has 1 N–H and O–H groups in total. The number of nitrogens with one attached hydrogen (secondary N) is 1. The molecule has 0 spiro atoms.